The second-order valence-electron chi connectivity index (χ2n) is 4.62. The Labute approximate surface area is 126 Å². The molecule has 20 heavy (non-hydrogen) atoms. The maximum Gasteiger partial charge on any atom is 0.317 e. The lowest BCUT2D eigenvalue weighted by atomic mass is 10.2. The third-order valence-corrected chi connectivity index (χ3v) is 3.56. The van der Waals surface area contributed by atoms with Gasteiger partial charge < -0.3 is 10.0 Å². The molecule has 0 atom stereocenters. The first-order chi connectivity index (χ1) is 9.45. The van der Waals surface area contributed by atoms with Crippen LogP contribution in [0.3, 0.4) is 0 Å². The summed E-state index contributed by atoms with van der Waals surface area (Å²) in [4.78, 5) is 26.4. The van der Waals surface area contributed by atoms with Gasteiger partial charge >= 0.3 is 5.97 Å². The molecule has 1 aromatic carbocycles. The van der Waals surface area contributed by atoms with E-state index in [4.69, 9.17) is 28.3 Å². The van der Waals surface area contributed by atoms with Gasteiger partial charge in [0, 0.05) is 41.8 Å². The fourth-order valence-electron chi connectivity index (χ4n) is 2.16. The number of hydrogen-bond acceptors (Lipinski definition) is 3. The molecule has 0 aliphatic carbocycles. The average molecular weight is 317 g/mol. The Bertz CT molecular complexity index is 508. The van der Waals surface area contributed by atoms with Crippen molar-refractivity contribution in [2.75, 3.05) is 32.7 Å². The number of amides is 1. The third-order valence-electron chi connectivity index (χ3n) is 3.13. The van der Waals surface area contributed by atoms with E-state index in [1.807, 2.05) is 0 Å². The van der Waals surface area contributed by atoms with Gasteiger partial charge in [0.05, 0.1) is 6.54 Å². The van der Waals surface area contributed by atoms with Gasteiger partial charge in [-0.2, -0.15) is 0 Å². The van der Waals surface area contributed by atoms with E-state index >= 15 is 0 Å². The van der Waals surface area contributed by atoms with Crippen LogP contribution in [0.1, 0.15) is 10.4 Å². The van der Waals surface area contributed by atoms with Crippen LogP contribution in [-0.2, 0) is 4.79 Å². The van der Waals surface area contributed by atoms with E-state index in [-0.39, 0.29) is 12.5 Å². The molecular formula is C13H14Cl2N2O3. The quantitative estimate of drug-likeness (QED) is 0.924. The molecule has 0 saturated carbocycles. The highest BCUT2D eigenvalue weighted by Gasteiger charge is 2.23. The van der Waals surface area contributed by atoms with E-state index in [9.17, 15) is 9.59 Å². The molecule has 1 aliphatic rings. The predicted molar refractivity (Wildman–Crippen MR) is 76.4 cm³/mol. The van der Waals surface area contributed by atoms with Gasteiger partial charge in [0.1, 0.15) is 0 Å². The minimum absolute atomic E-state index is 0.00498. The van der Waals surface area contributed by atoms with Crippen LogP contribution in [0.15, 0.2) is 18.2 Å². The molecular weight excluding hydrogens is 303 g/mol. The van der Waals surface area contributed by atoms with Crippen molar-refractivity contribution >= 4 is 35.1 Å². The number of hydrogen-bond donors (Lipinski definition) is 1. The van der Waals surface area contributed by atoms with Gasteiger partial charge in [-0.25, -0.2) is 0 Å². The van der Waals surface area contributed by atoms with Crippen molar-refractivity contribution in [3.63, 3.8) is 0 Å². The number of piperazine rings is 1. The summed E-state index contributed by atoms with van der Waals surface area (Å²) in [5.74, 6) is -0.990. The molecule has 1 aliphatic heterocycles. The molecule has 0 unspecified atom stereocenters. The number of benzene rings is 1. The van der Waals surface area contributed by atoms with E-state index in [0.717, 1.165) is 0 Å². The zero-order valence-corrected chi connectivity index (χ0v) is 12.2. The SMILES string of the molecule is O=C(O)CN1CCN(C(=O)c2cc(Cl)cc(Cl)c2)CC1. The molecule has 2 rings (SSSR count). The summed E-state index contributed by atoms with van der Waals surface area (Å²) in [6.07, 6.45) is 0. The fraction of sp³-hybridized carbons (Fsp3) is 0.385. The Morgan fingerprint density at radius 3 is 2.10 bits per heavy atom. The zero-order chi connectivity index (χ0) is 14.7. The predicted octanol–water partition coefficient (Wildman–Crippen LogP) is 1.84. The lowest BCUT2D eigenvalue weighted by Gasteiger charge is -2.33. The van der Waals surface area contributed by atoms with Gasteiger partial charge in [-0.3, -0.25) is 14.5 Å². The number of carbonyl (C=O) groups is 2. The van der Waals surface area contributed by atoms with Gasteiger partial charge in [0.15, 0.2) is 0 Å². The minimum Gasteiger partial charge on any atom is -0.480 e. The number of halogens is 2. The van der Waals surface area contributed by atoms with E-state index in [1.165, 1.54) is 0 Å². The van der Waals surface area contributed by atoms with Crippen LogP contribution in [0.4, 0.5) is 0 Å². The van der Waals surface area contributed by atoms with Crippen LogP contribution < -0.4 is 0 Å². The smallest absolute Gasteiger partial charge is 0.317 e. The van der Waals surface area contributed by atoms with E-state index in [0.29, 0.717) is 41.8 Å². The van der Waals surface area contributed by atoms with Crippen molar-refractivity contribution in [2.24, 2.45) is 0 Å². The first-order valence-corrected chi connectivity index (χ1v) is 6.91. The molecule has 7 heteroatoms. The van der Waals surface area contributed by atoms with Crippen LogP contribution in [-0.4, -0.2) is 59.5 Å². The van der Waals surface area contributed by atoms with Gasteiger partial charge in [0.2, 0.25) is 0 Å². The highest BCUT2D eigenvalue weighted by Crippen LogP contribution is 2.20. The highest BCUT2D eigenvalue weighted by atomic mass is 35.5. The Kier molecular flexibility index (Phi) is 4.86. The summed E-state index contributed by atoms with van der Waals surface area (Å²) in [5.41, 5.74) is 0.453. The lowest BCUT2D eigenvalue weighted by Crippen LogP contribution is -2.49. The van der Waals surface area contributed by atoms with Crippen molar-refractivity contribution in [3.05, 3.63) is 33.8 Å². The van der Waals surface area contributed by atoms with Crippen molar-refractivity contribution in [1.82, 2.24) is 9.80 Å². The molecule has 1 heterocycles. The van der Waals surface area contributed by atoms with Gasteiger partial charge in [-0.1, -0.05) is 23.2 Å². The standard InChI is InChI=1S/C13H14Cl2N2O3/c14-10-5-9(6-11(15)7-10)13(20)17-3-1-16(2-4-17)8-12(18)19/h5-7H,1-4,8H2,(H,18,19). The van der Waals surface area contributed by atoms with Crippen molar-refractivity contribution in [2.45, 2.75) is 0 Å². The van der Waals surface area contributed by atoms with Crippen molar-refractivity contribution < 1.29 is 14.7 Å². The Balaban J connectivity index is 1.99. The van der Waals surface area contributed by atoms with Crippen molar-refractivity contribution in [3.8, 4) is 0 Å². The first-order valence-electron chi connectivity index (χ1n) is 6.15. The summed E-state index contributed by atoms with van der Waals surface area (Å²) in [5, 5.41) is 9.57. The van der Waals surface area contributed by atoms with Gasteiger partial charge in [-0.15, -0.1) is 0 Å². The number of aliphatic carboxylic acids is 1. The summed E-state index contributed by atoms with van der Waals surface area (Å²) in [6.45, 7) is 2.09. The van der Waals surface area contributed by atoms with E-state index in [1.54, 1.807) is 28.0 Å². The van der Waals surface area contributed by atoms with E-state index < -0.39 is 5.97 Å². The highest BCUT2D eigenvalue weighted by molar-refractivity contribution is 6.35. The molecule has 0 spiro atoms. The van der Waals surface area contributed by atoms with Crippen LogP contribution in [0.2, 0.25) is 10.0 Å². The van der Waals surface area contributed by atoms with Crippen LogP contribution in [0, 0.1) is 0 Å². The molecule has 1 fully saturated rings. The molecule has 1 aromatic rings. The maximum atomic E-state index is 12.3. The Hall–Kier alpha value is -1.30. The molecule has 0 aromatic heterocycles. The zero-order valence-electron chi connectivity index (χ0n) is 10.7. The summed E-state index contributed by atoms with van der Waals surface area (Å²) in [6, 6.07) is 4.74. The van der Waals surface area contributed by atoms with Crippen LogP contribution in [0.25, 0.3) is 0 Å². The topological polar surface area (TPSA) is 60.9 Å². The summed E-state index contributed by atoms with van der Waals surface area (Å²) in [7, 11) is 0. The van der Waals surface area contributed by atoms with E-state index in [2.05, 4.69) is 0 Å². The maximum absolute atomic E-state index is 12.3. The summed E-state index contributed by atoms with van der Waals surface area (Å²) >= 11 is 11.8. The minimum atomic E-state index is -0.855. The van der Waals surface area contributed by atoms with Crippen LogP contribution >= 0.6 is 23.2 Å². The molecule has 5 nitrogen and oxygen atoms in total. The Morgan fingerprint density at radius 2 is 1.60 bits per heavy atom. The molecule has 1 N–H and O–H groups in total. The largest absolute Gasteiger partial charge is 0.480 e. The molecule has 1 saturated heterocycles. The van der Waals surface area contributed by atoms with Gasteiger partial charge in [0.25, 0.3) is 5.91 Å². The fourth-order valence-corrected chi connectivity index (χ4v) is 2.69. The Morgan fingerprint density at radius 1 is 1.05 bits per heavy atom. The number of carboxylic acids is 1. The second-order valence-corrected chi connectivity index (χ2v) is 5.49. The normalized spacial score (nSPS) is 16.2. The lowest BCUT2D eigenvalue weighted by molar-refractivity contribution is -0.138. The molecule has 1 amide bonds. The van der Waals surface area contributed by atoms with Crippen molar-refractivity contribution in [1.29, 1.82) is 0 Å². The second kappa shape index (κ2) is 6.43. The first kappa shape index (κ1) is 15.1. The average Bonchev–Trinajstić information content (AvgIpc) is 2.37. The third kappa shape index (κ3) is 3.85. The summed E-state index contributed by atoms with van der Waals surface area (Å²) < 4.78 is 0. The number of carboxylic acid groups (broad SMARTS) is 1. The van der Waals surface area contributed by atoms with Gasteiger partial charge in [-0.05, 0) is 18.2 Å². The molecule has 0 bridgehead atoms. The molecule has 0 radical (unpaired) electrons. The monoisotopic (exact) mass is 316 g/mol. The number of rotatable bonds is 3. The van der Waals surface area contributed by atoms with Crippen LogP contribution in [0.5, 0.6) is 0 Å². The number of nitrogens with zero attached hydrogens (tertiary/aromatic N) is 2. The molecule has 108 valence electrons. The number of carbonyl (C=O) groups excluding carboxylic acids is 1.